The molecule has 0 aromatic heterocycles. The molecular weight excluding hydrogens is 230 g/mol. The smallest absolute Gasteiger partial charge is 0.119 e. The van der Waals surface area contributed by atoms with Gasteiger partial charge in [-0.3, -0.25) is 0 Å². The third-order valence-electron chi connectivity index (χ3n) is 2.98. The van der Waals surface area contributed by atoms with Crippen LogP contribution in [-0.4, -0.2) is 31.2 Å². The molecule has 3 heteroatoms. The van der Waals surface area contributed by atoms with Crippen LogP contribution in [0.3, 0.4) is 0 Å². The predicted molar refractivity (Wildman–Crippen MR) is 74.9 cm³/mol. The van der Waals surface area contributed by atoms with Crippen molar-refractivity contribution in [2.45, 2.75) is 12.8 Å². The van der Waals surface area contributed by atoms with Gasteiger partial charge in [0, 0.05) is 6.54 Å². The Morgan fingerprint density at radius 3 is 2.94 bits per heavy atom. The van der Waals surface area contributed by atoms with Crippen LogP contribution >= 0.6 is 11.8 Å². The van der Waals surface area contributed by atoms with Gasteiger partial charge >= 0.3 is 0 Å². The number of thioether (sulfide) groups is 1. The van der Waals surface area contributed by atoms with E-state index >= 15 is 0 Å². The molecule has 0 amide bonds. The van der Waals surface area contributed by atoms with Crippen molar-refractivity contribution in [3.8, 4) is 5.75 Å². The van der Waals surface area contributed by atoms with Crippen LogP contribution in [0.25, 0.3) is 0 Å². The second kappa shape index (κ2) is 7.62. The van der Waals surface area contributed by atoms with Crippen LogP contribution < -0.4 is 10.1 Å². The molecule has 0 aliphatic carbocycles. The summed E-state index contributed by atoms with van der Waals surface area (Å²) < 4.78 is 5.63. The van der Waals surface area contributed by atoms with Gasteiger partial charge in [-0.05, 0) is 48.9 Å². The molecule has 2 nitrogen and oxygen atoms in total. The maximum absolute atomic E-state index is 5.63. The van der Waals surface area contributed by atoms with E-state index in [2.05, 4.69) is 17.1 Å². The van der Waals surface area contributed by atoms with Gasteiger partial charge in [-0.15, -0.1) is 0 Å². The zero-order chi connectivity index (χ0) is 11.8. The Morgan fingerprint density at radius 2 is 2.18 bits per heavy atom. The molecule has 1 aliphatic heterocycles. The first-order valence-corrected chi connectivity index (χ1v) is 7.57. The molecule has 1 fully saturated rings. The molecule has 0 saturated carbocycles. The third kappa shape index (κ3) is 5.00. The van der Waals surface area contributed by atoms with Crippen LogP contribution in [-0.2, 0) is 0 Å². The van der Waals surface area contributed by atoms with Crippen molar-refractivity contribution in [2.24, 2.45) is 5.92 Å². The van der Waals surface area contributed by atoms with E-state index in [1.165, 1.54) is 24.3 Å². The highest BCUT2D eigenvalue weighted by Crippen LogP contribution is 2.21. The number of hydrogen-bond donors (Lipinski definition) is 1. The average molecular weight is 251 g/mol. The van der Waals surface area contributed by atoms with Gasteiger partial charge in [-0.1, -0.05) is 18.2 Å². The summed E-state index contributed by atoms with van der Waals surface area (Å²) in [7, 11) is 0. The second-order valence-corrected chi connectivity index (χ2v) is 5.60. The summed E-state index contributed by atoms with van der Waals surface area (Å²) in [6.07, 6.45) is 2.77. The van der Waals surface area contributed by atoms with Gasteiger partial charge in [0.1, 0.15) is 12.4 Å². The Kier molecular flexibility index (Phi) is 5.73. The summed E-state index contributed by atoms with van der Waals surface area (Å²) in [5.41, 5.74) is 0. The molecule has 1 saturated heterocycles. The third-order valence-corrected chi connectivity index (χ3v) is 4.26. The van der Waals surface area contributed by atoms with Crippen molar-refractivity contribution in [3.05, 3.63) is 30.3 Å². The molecule has 1 aliphatic rings. The Morgan fingerprint density at radius 1 is 1.29 bits per heavy atom. The summed E-state index contributed by atoms with van der Waals surface area (Å²) in [4.78, 5) is 0. The summed E-state index contributed by atoms with van der Waals surface area (Å²) >= 11 is 2.09. The minimum Gasteiger partial charge on any atom is -0.492 e. The molecule has 1 aromatic rings. The minimum atomic E-state index is 0.754. The Bertz CT molecular complexity index is 298. The van der Waals surface area contributed by atoms with Crippen molar-refractivity contribution in [2.75, 3.05) is 31.2 Å². The van der Waals surface area contributed by atoms with Crippen LogP contribution in [0.1, 0.15) is 12.8 Å². The molecule has 2 rings (SSSR count). The lowest BCUT2D eigenvalue weighted by Gasteiger charge is -2.21. The Labute approximate surface area is 108 Å². The first-order valence-electron chi connectivity index (χ1n) is 6.41. The molecule has 1 unspecified atom stereocenters. The van der Waals surface area contributed by atoms with Crippen LogP contribution in [0, 0.1) is 5.92 Å². The van der Waals surface area contributed by atoms with Crippen molar-refractivity contribution in [1.82, 2.24) is 5.32 Å². The topological polar surface area (TPSA) is 21.3 Å². The van der Waals surface area contributed by atoms with E-state index in [-0.39, 0.29) is 0 Å². The SMILES string of the molecule is c1ccc(OCCNCC2CCCSC2)cc1. The van der Waals surface area contributed by atoms with Gasteiger partial charge in [0.15, 0.2) is 0 Å². The van der Waals surface area contributed by atoms with Gasteiger partial charge in [-0.25, -0.2) is 0 Å². The van der Waals surface area contributed by atoms with Crippen LogP contribution in [0.2, 0.25) is 0 Å². The molecule has 0 radical (unpaired) electrons. The fourth-order valence-corrected chi connectivity index (χ4v) is 3.19. The van der Waals surface area contributed by atoms with E-state index in [4.69, 9.17) is 4.74 Å². The molecular formula is C14H21NOS. The first kappa shape index (κ1) is 12.8. The Balaban J connectivity index is 1.51. The van der Waals surface area contributed by atoms with Crippen LogP contribution in [0.15, 0.2) is 30.3 Å². The largest absolute Gasteiger partial charge is 0.492 e. The van der Waals surface area contributed by atoms with E-state index < -0.39 is 0 Å². The highest BCUT2D eigenvalue weighted by molar-refractivity contribution is 7.99. The maximum atomic E-state index is 5.63. The van der Waals surface area contributed by atoms with Crippen LogP contribution in [0.5, 0.6) is 5.75 Å². The number of benzene rings is 1. The lowest BCUT2D eigenvalue weighted by Crippen LogP contribution is -2.29. The van der Waals surface area contributed by atoms with E-state index in [1.807, 2.05) is 30.3 Å². The van der Waals surface area contributed by atoms with Crippen molar-refractivity contribution >= 4 is 11.8 Å². The van der Waals surface area contributed by atoms with Gasteiger partial charge in [0.2, 0.25) is 0 Å². The van der Waals surface area contributed by atoms with E-state index in [0.29, 0.717) is 0 Å². The molecule has 94 valence electrons. The highest BCUT2D eigenvalue weighted by atomic mass is 32.2. The summed E-state index contributed by atoms with van der Waals surface area (Å²) in [6.45, 7) is 2.84. The summed E-state index contributed by atoms with van der Waals surface area (Å²) in [6, 6.07) is 10.0. The number of hydrogen-bond acceptors (Lipinski definition) is 3. The second-order valence-electron chi connectivity index (χ2n) is 4.45. The standard InChI is InChI=1S/C14H21NOS/c1-2-6-14(7-3-1)16-9-8-15-11-13-5-4-10-17-12-13/h1-3,6-7,13,15H,4-5,8-12H2. The lowest BCUT2D eigenvalue weighted by molar-refractivity contribution is 0.308. The zero-order valence-corrected chi connectivity index (χ0v) is 11.0. The monoisotopic (exact) mass is 251 g/mol. The van der Waals surface area contributed by atoms with E-state index in [1.54, 1.807) is 0 Å². The van der Waals surface area contributed by atoms with Crippen molar-refractivity contribution in [1.29, 1.82) is 0 Å². The Hall–Kier alpha value is -0.670. The molecule has 1 heterocycles. The molecule has 1 aromatic carbocycles. The van der Waals surface area contributed by atoms with Gasteiger partial charge in [0.25, 0.3) is 0 Å². The first-order chi connectivity index (χ1) is 8.45. The molecule has 1 atom stereocenters. The van der Waals surface area contributed by atoms with Gasteiger partial charge in [-0.2, -0.15) is 11.8 Å². The van der Waals surface area contributed by atoms with E-state index in [9.17, 15) is 0 Å². The number of rotatable bonds is 6. The molecule has 1 N–H and O–H groups in total. The number of para-hydroxylation sites is 1. The summed E-state index contributed by atoms with van der Waals surface area (Å²) in [5.74, 6) is 4.51. The highest BCUT2D eigenvalue weighted by Gasteiger charge is 2.12. The van der Waals surface area contributed by atoms with Crippen molar-refractivity contribution < 1.29 is 4.74 Å². The lowest BCUT2D eigenvalue weighted by atomic mass is 10.1. The average Bonchev–Trinajstić information content (AvgIpc) is 2.41. The minimum absolute atomic E-state index is 0.754. The van der Waals surface area contributed by atoms with Crippen LogP contribution in [0.4, 0.5) is 0 Å². The number of nitrogens with one attached hydrogen (secondary N) is 1. The maximum Gasteiger partial charge on any atom is 0.119 e. The van der Waals surface area contributed by atoms with Gasteiger partial charge in [0.05, 0.1) is 0 Å². The predicted octanol–water partition coefficient (Wildman–Crippen LogP) is 2.80. The quantitative estimate of drug-likeness (QED) is 0.786. The van der Waals surface area contributed by atoms with Crippen molar-refractivity contribution in [3.63, 3.8) is 0 Å². The van der Waals surface area contributed by atoms with Gasteiger partial charge < -0.3 is 10.1 Å². The fourth-order valence-electron chi connectivity index (χ4n) is 2.03. The molecule has 0 bridgehead atoms. The number of ether oxygens (including phenoxy) is 1. The molecule has 17 heavy (non-hydrogen) atoms. The molecule has 0 spiro atoms. The zero-order valence-electron chi connectivity index (χ0n) is 10.2. The fraction of sp³-hybridized carbons (Fsp3) is 0.571. The summed E-state index contributed by atoms with van der Waals surface area (Å²) in [5, 5.41) is 3.49. The van der Waals surface area contributed by atoms with E-state index in [0.717, 1.165) is 31.4 Å². The normalized spacial score (nSPS) is 20.1.